The van der Waals surface area contributed by atoms with E-state index >= 15 is 0 Å². The van der Waals surface area contributed by atoms with Gasteiger partial charge in [0.1, 0.15) is 26.2 Å². The summed E-state index contributed by atoms with van der Waals surface area (Å²) in [4.78, 5) is 7.22. The van der Waals surface area contributed by atoms with Gasteiger partial charge >= 0.3 is 0 Å². The van der Waals surface area contributed by atoms with E-state index in [2.05, 4.69) is 64.7 Å². The lowest BCUT2D eigenvalue weighted by molar-refractivity contribution is -0.924. The molecule has 2 aromatic heterocycles. The van der Waals surface area contributed by atoms with Gasteiger partial charge in [-0.05, 0) is 60.1 Å². The molecule has 2 aromatic carbocycles. The third-order valence-electron chi connectivity index (χ3n) is 6.62. The van der Waals surface area contributed by atoms with Crippen LogP contribution in [0.4, 0.5) is 5.82 Å². The maximum atomic E-state index is 6.18. The summed E-state index contributed by atoms with van der Waals surface area (Å²) in [5, 5.41) is 5.76. The SMILES string of the molecule is CC(C)c1ccccc1-n1c(-c2ccc(Cl)cc2)nn(C[NH+]2CCN(c3cccc[nH+]3)CC2)c1=S. The fraction of sp³-hybridized carbons (Fsp3) is 0.296. The molecule has 3 heterocycles. The van der Waals surface area contributed by atoms with Crippen molar-refractivity contribution in [2.45, 2.75) is 26.4 Å². The van der Waals surface area contributed by atoms with Gasteiger partial charge in [-0.2, -0.15) is 4.68 Å². The molecule has 0 amide bonds. The average Bonchev–Trinajstić information content (AvgIpc) is 3.21. The van der Waals surface area contributed by atoms with E-state index in [-0.39, 0.29) is 0 Å². The number of aromatic amines is 1. The van der Waals surface area contributed by atoms with Crippen molar-refractivity contribution in [3.8, 4) is 17.1 Å². The topological polar surface area (TPSA) is 44.6 Å². The minimum absolute atomic E-state index is 0.364. The number of piperazine rings is 1. The van der Waals surface area contributed by atoms with Gasteiger partial charge in [0.15, 0.2) is 12.5 Å². The van der Waals surface area contributed by atoms with Crippen molar-refractivity contribution in [2.75, 3.05) is 31.1 Å². The minimum Gasteiger partial charge on any atom is -0.310 e. The van der Waals surface area contributed by atoms with Crippen molar-refractivity contribution in [3.05, 3.63) is 88.3 Å². The Hall–Kier alpha value is -3.00. The van der Waals surface area contributed by atoms with Gasteiger partial charge in [0.05, 0.1) is 11.9 Å². The van der Waals surface area contributed by atoms with E-state index in [1.54, 1.807) is 0 Å². The molecule has 1 aliphatic rings. The number of anilines is 1. The van der Waals surface area contributed by atoms with Crippen LogP contribution in [-0.2, 0) is 6.67 Å². The van der Waals surface area contributed by atoms with E-state index in [0.29, 0.717) is 10.9 Å². The molecule has 1 fully saturated rings. The summed E-state index contributed by atoms with van der Waals surface area (Å²) < 4.78 is 4.84. The molecule has 0 spiro atoms. The summed E-state index contributed by atoms with van der Waals surface area (Å²) in [6.07, 6.45) is 1.98. The van der Waals surface area contributed by atoms with Gasteiger partial charge in [-0.25, -0.2) is 4.98 Å². The van der Waals surface area contributed by atoms with Gasteiger partial charge in [0.25, 0.3) is 5.82 Å². The lowest BCUT2D eigenvalue weighted by Gasteiger charge is -2.27. The number of hydrogen-bond donors (Lipinski definition) is 1. The Morgan fingerprint density at radius 3 is 2.40 bits per heavy atom. The summed E-state index contributed by atoms with van der Waals surface area (Å²) in [5.41, 5.74) is 3.33. The zero-order valence-corrected chi connectivity index (χ0v) is 21.7. The summed E-state index contributed by atoms with van der Waals surface area (Å²) in [7, 11) is 0. The number of rotatable bonds is 6. The largest absolute Gasteiger partial charge is 0.310 e. The lowest BCUT2D eigenvalue weighted by Crippen LogP contribution is -3.14. The molecule has 2 N–H and O–H groups in total. The zero-order chi connectivity index (χ0) is 24.4. The molecule has 0 radical (unpaired) electrons. The highest BCUT2D eigenvalue weighted by Crippen LogP contribution is 2.29. The van der Waals surface area contributed by atoms with Crippen LogP contribution in [0.25, 0.3) is 17.1 Å². The van der Waals surface area contributed by atoms with Crippen LogP contribution in [0.2, 0.25) is 5.02 Å². The number of para-hydroxylation sites is 1. The molecule has 0 saturated carbocycles. The summed E-state index contributed by atoms with van der Waals surface area (Å²) >= 11 is 12.2. The molecule has 35 heavy (non-hydrogen) atoms. The maximum absolute atomic E-state index is 6.18. The summed E-state index contributed by atoms with van der Waals surface area (Å²) in [6.45, 7) is 9.19. The van der Waals surface area contributed by atoms with Gasteiger partial charge in [0.2, 0.25) is 4.77 Å². The highest BCUT2D eigenvalue weighted by molar-refractivity contribution is 7.71. The van der Waals surface area contributed by atoms with Crippen LogP contribution in [0.5, 0.6) is 0 Å². The van der Waals surface area contributed by atoms with Crippen LogP contribution < -0.4 is 14.8 Å². The molecular weight excluding hydrogens is 476 g/mol. The Kier molecular flexibility index (Phi) is 7.00. The van der Waals surface area contributed by atoms with Gasteiger partial charge in [-0.3, -0.25) is 9.47 Å². The molecule has 0 unspecified atom stereocenters. The van der Waals surface area contributed by atoms with Crippen LogP contribution in [0.3, 0.4) is 0 Å². The molecule has 5 rings (SSSR count). The van der Waals surface area contributed by atoms with Gasteiger partial charge in [0, 0.05) is 16.7 Å². The van der Waals surface area contributed by atoms with Crippen LogP contribution in [0, 0.1) is 4.77 Å². The van der Waals surface area contributed by atoms with E-state index < -0.39 is 0 Å². The molecular formula is C27H31ClN6S+2. The predicted molar refractivity (Wildman–Crippen MR) is 143 cm³/mol. The van der Waals surface area contributed by atoms with E-state index in [1.165, 1.54) is 16.3 Å². The number of nitrogens with zero attached hydrogens (tertiary/aromatic N) is 4. The van der Waals surface area contributed by atoms with E-state index in [4.69, 9.17) is 28.9 Å². The first-order chi connectivity index (χ1) is 17.0. The third-order valence-corrected chi connectivity index (χ3v) is 7.26. The lowest BCUT2D eigenvalue weighted by atomic mass is 10.0. The first-order valence-corrected chi connectivity index (χ1v) is 12.9. The molecule has 4 aromatic rings. The normalized spacial score (nSPS) is 14.6. The Morgan fingerprint density at radius 1 is 1.00 bits per heavy atom. The molecule has 1 aliphatic heterocycles. The molecule has 180 valence electrons. The number of hydrogen-bond acceptors (Lipinski definition) is 3. The highest BCUT2D eigenvalue weighted by Gasteiger charge is 2.27. The first kappa shape index (κ1) is 23.7. The van der Waals surface area contributed by atoms with Gasteiger partial charge < -0.3 is 4.90 Å². The zero-order valence-electron chi connectivity index (χ0n) is 20.1. The van der Waals surface area contributed by atoms with Crippen molar-refractivity contribution in [1.29, 1.82) is 0 Å². The Labute approximate surface area is 216 Å². The number of nitrogens with one attached hydrogen (secondary N) is 2. The van der Waals surface area contributed by atoms with E-state index in [9.17, 15) is 0 Å². The number of benzene rings is 2. The second kappa shape index (κ2) is 10.3. The molecule has 1 saturated heterocycles. The van der Waals surface area contributed by atoms with E-state index in [1.807, 2.05) is 41.2 Å². The van der Waals surface area contributed by atoms with Crippen LogP contribution >= 0.6 is 23.8 Å². The molecule has 0 bridgehead atoms. The van der Waals surface area contributed by atoms with Crippen molar-refractivity contribution < 1.29 is 9.88 Å². The second-order valence-corrected chi connectivity index (χ2v) is 10.1. The maximum Gasteiger partial charge on any atom is 0.274 e. The van der Waals surface area contributed by atoms with Gasteiger partial charge in [-0.1, -0.05) is 49.7 Å². The number of quaternary nitrogens is 1. The summed E-state index contributed by atoms with van der Waals surface area (Å²) in [5.74, 6) is 2.38. The third kappa shape index (κ3) is 5.03. The Morgan fingerprint density at radius 2 is 1.71 bits per heavy atom. The Balaban J connectivity index is 1.47. The highest BCUT2D eigenvalue weighted by atomic mass is 35.5. The fourth-order valence-corrected chi connectivity index (χ4v) is 5.12. The molecule has 0 atom stereocenters. The summed E-state index contributed by atoms with van der Waals surface area (Å²) in [6, 6.07) is 22.5. The second-order valence-electron chi connectivity index (χ2n) is 9.30. The fourth-order valence-electron chi connectivity index (χ4n) is 4.71. The number of aromatic nitrogens is 4. The number of halogens is 1. The molecule has 8 heteroatoms. The molecule has 0 aliphatic carbocycles. The van der Waals surface area contributed by atoms with E-state index in [0.717, 1.165) is 54.7 Å². The standard InChI is InChI=1S/C27H29ClN6S/c1-20(2)23-7-3-4-8-24(23)34-26(21-10-12-22(28)13-11-21)30-33(27(34)35)19-31-15-17-32(18-16-31)25-9-5-6-14-29-25/h3-14,20H,15-19H2,1-2H3/p+2. The minimum atomic E-state index is 0.364. The monoisotopic (exact) mass is 506 g/mol. The quantitative estimate of drug-likeness (QED) is 0.402. The van der Waals surface area contributed by atoms with Crippen molar-refractivity contribution >= 4 is 29.6 Å². The van der Waals surface area contributed by atoms with Gasteiger partial charge in [-0.15, -0.1) is 5.10 Å². The molecule has 6 nitrogen and oxygen atoms in total. The van der Waals surface area contributed by atoms with Crippen LogP contribution in [0.15, 0.2) is 72.9 Å². The average molecular weight is 507 g/mol. The van der Waals surface area contributed by atoms with Crippen LogP contribution in [-0.4, -0.2) is 40.5 Å². The van der Waals surface area contributed by atoms with Crippen molar-refractivity contribution in [1.82, 2.24) is 14.3 Å². The Bertz CT molecular complexity index is 1340. The number of pyridine rings is 1. The van der Waals surface area contributed by atoms with Crippen molar-refractivity contribution in [2.24, 2.45) is 0 Å². The first-order valence-electron chi connectivity index (χ1n) is 12.1. The number of H-pyrrole nitrogens is 1. The predicted octanol–water partition coefficient (Wildman–Crippen LogP) is 4.02. The van der Waals surface area contributed by atoms with Crippen LogP contribution in [0.1, 0.15) is 25.3 Å². The smallest absolute Gasteiger partial charge is 0.274 e. The van der Waals surface area contributed by atoms with Crippen molar-refractivity contribution in [3.63, 3.8) is 0 Å².